The van der Waals surface area contributed by atoms with Crippen molar-refractivity contribution in [2.24, 2.45) is 0 Å². The minimum absolute atomic E-state index is 0.0424. The first kappa shape index (κ1) is 24.1. The lowest BCUT2D eigenvalue weighted by Gasteiger charge is -2.34. The third-order valence-electron chi connectivity index (χ3n) is 5.73. The number of carbonyl (C=O) groups excluding carboxylic acids is 2. The average molecular weight is 530 g/mol. The molecule has 0 aliphatic carbocycles. The summed E-state index contributed by atoms with van der Waals surface area (Å²) in [5.41, 5.74) is 1.62. The Kier molecular flexibility index (Phi) is 6.31. The number of hydrogen-bond donors (Lipinski definition) is 0. The Hall–Kier alpha value is -3.64. The third kappa shape index (κ3) is 4.26. The summed E-state index contributed by atoms with van der Waals surface area (Å²) >= 11 is 7.62. The highest BCUT2D eigenvalue weighted by Gasteiger charge is 2.39. The number of imidazole rings is 1. The van der Waals surface area contributed by atoms with Crippen LogP contribution in [0.5, 0.6) is 5.75 Å². The van der Waals surface area contributed by atoms with Crippen molar-refractivity contribution in [3.05, 3.63) is 69.2 Å². The van der Waals surface area contributed by atoms with Crippen molar-refractivity contribution < 1.29 is 18.7 Å². The Morgan fingerprint density at radius 2 is 2.08 bits per heavy atom. The molecule has 36 heavy (non-hydrogen) atoms. The maximum atomic E-state index is 14.9. The zero-order chi connectivity index (χ0) is 25.6. The van der Waals surface area contributed by atoms with E-state index in [1.807, 2.05) is 6.92 Å². The van der Waals surface area contributed by atoms with E-state index in [2.05, 4.69) is 20.1 Å². The number of rotatable bonds is 5. The first-order valence-electron chi connectivity index (χ1n) is 11.0. The summed E-state index contributed by atoms with van der Waals surface area (Å²) in [4.78, 5) is 42.0. The van der Waals surface area contributed by atoms with Crippen LogP contribution in [0.4, 0.5) is 4.39 Å². The molecule has 0 saturated heterocycles. The predicted octanol–water partition coefficient (Wildman–Crippen LogP) is 2.94. The molecule has 5 rings (SSSR count). The van der Waals surface area contributed by atoms with E-state index in [0.29, 0.717) is 23.6 Å². The number of aryl methyl sites for hydroxylation is 1. The van der Waals surface area contributed by atoms with E-state index in [1.54, 1.807) is 18.6 Å². The monoisotopic (exact) mass is 529 g/mol. The van der Waals surface area contributed by atoms with Gasteiger partial charge in [0.25, 0.3) is 11.8 Å². The van der Waals surface area contributed by atoms with Gasteiger partial charge in [-0.25, -0.2) is 18.9 Å². The zero-order valence-electron chi connectivity index (χ0n) is 19.6. The molecule has 0 N–H and O–H groups in total. The van der Waals surface area contributed by atoms with Gasteiger partial charge in [-0.3, -0.25) is 14.6 Å². The fourth-order valence-corrected chi connectivity index (χ4v) is 5.08. The van der Waals surface area contributed by atoms with Gasteiger partial charge in [0.1, 0.15) is 28.3 Å². The minimum Gasteiger partial charge on any atom is -0.481 e. The number of nitrogens with zero attached hydrogens (tertiary/aromatic N) is 7. The lowest BCUT2D eigenvalue weighted by atomic mass is 9.98. The summed E-state index contributed by atoms with van der Waals surface area (Å²) in [6.45, 7) is 1.78. The highest BCUT2D eigenvalue weighted by atomic mass is 35.5. The highest BCUT2D eigenvalue weighted by molar-refractivity contribution is 7.16. The molecule has 1 aliphatic heterocycles. The van der Waals surface area contributed by atoms with Crippen LogP contribution in [0.15, 0.2) is 30.5 Å². The van der Waals surface area contributed by atoms with E-state index in [1.165, 1.54) is 51.6 Å². The van der Waals surface area contributed by atoms with Gasteiger partial charge in [0.2, 0.25) is 4.96 Å². The Morgan fingerprint density at radius 1 is 1.28 bits per heavy atom. The van der Waals surface area contributed by atoms with Crippen LogP contribution in [-0.4, -0.2) is 73.4 Å². The summed E-state index contributed by atoms with van der Waals surface area (Å²) in [6.07, 6.45) is 1.96. The number of amides is 2. The molecule has 1 atom stereocenters. The summed E-state index contributed by atoms with van der Waals surface area (Å²) in [5.74, 6) is -1.10. The molecule has 1 aliphatic rings. The van der Waals surface area contributed by atoms with Gasteiger partial charge in [0.15, 0.2) is 17.5 Å². The standard InChI is InChI=1S/C23H21ClFN7O3S/c1-12-29-32-19-14(28-23(32)36-12)8-10-31(20(19)18-13(25)5-4-9-26-18)17(33)11-35-16-7-6-15(27-21(16)24)22(34)30(2)3/h4-7,9,20H,8,10-11H2,1-3H3. The number of halogens is 2. The van der Waals surface area contributed by atoms with Gasteiger partial charge in [0, 0.05) is 33.3 Å². The predicted molar refractivity (Wildman–Crippen MR) is 130 cm³/mol. The number of pyridine rings is 2. The second-order valence-corrected chi connectivity index (χ2v) is 9.86. The molecular weight excluding hydrogens is 509 g/mol. The van der Waals surface area contributed by atoms with Gasteiger partial charge in [-0.05, 0) is 31.2 Å². The van der Waals surface area contributed by atoms with Crippen molar-refractivity contribution in [3.63, 3.8) is 0 Å². The molecule has 5 heterocycles. The third-order valence-corrected chi connectivity index (χ3v) is 6.83. The van der Waals surface area contributed by atoms with Crippen LogP contribution in [0.2, 0.25) is 5.15 Å². The Balaban J connectivity index is 1.44. The quantitative estimate of drug-likeness (QED) is 0.366. The molecule has 0 radical (unpaired) electrons. The number of ether oxygens (including phenoxy) is 1. The summed E-state index contributed by atoms with van der Waals surface area (Å²) in [6, 6.07) is 4.93. The highest BCUT2D eigenvalue weighted by Crippen LogP contribution is 2.37. The summed E-state index contributed by atoms with van der Waals surface area (Å²) in [7, 11) is 3.21. The first-order chi connectivity index (χ1) is 17.2. The van der Waals surface area contributed by atoms with Crippen LogP contribution >= 0.6 is 22.9 Å². The molecule has 1 unspecified atom stereocenters. The van der Waals surface area contributed by atoms with E-state index < -0.39 is 17.8 Å². The van der Waals surface area contributed by atoms with Gasteiger partial charge in [-0.2, -0.15) is 5.10 Å². The minimum atomic E-state index is -0.837. The molecule has 2 amide bonds. The fraction of sp³-hybridized carbons (Fsp3) is 0.304. The maximum absolute atomic E-state index is 14.9. The normalized spacial score (nSPS) is 15.1. The SMILES string of the molecule is Cc1nn2c3c(nc2s1)CCN(C(=O)COc1ccc(C(=O)N(C)C)nc1Cl)C3c1ncccc1F. The molecular formula is C23H21ClFN7O3S. The van der Waals surface area contributed by atoms with Gasteiger partial charge in [-0.1, -0.05) is 22.9 Å². The van der Waals surface area contributed by atoms with Crippen LogP contribution in [-0.2, 0) is 11.2 Å². The Labute approximate surface area is 214 Å². The maximum Gasteiger partial charge on any atom is 0.271 e. The largest absolute Gasteiger partial charge is 0.481 e. The van der Waals surface area contributed by atoms with Crippen LogP contribution in [0.25, 0.3) is 4.96 Å². The molecule has 0 saturated carbocycles. The van der Waals surface area contributed by atoms with Crippen molar-refractivity contribution in [1.29, 1.82) is 0 Å². The smallest absolute Gasteiger partial charge is 0.271 e. The van der Waals surface area contributed by atoms with E-state index >= 15 is 0 Å². The van der Waals surface area contributed by atoms with Gasteiger partial charge < -0.3 is 14.5 Å². The molecule has 4 aromatic rings. The second kappa shape index (κ2) is 9.43. The fourth-order valence-electron chi connectivity index (χ4n) is 4.11. The number of hydrogen-bond acceptors (Lipinski definition) is 8. The molecule has 4 aromatic heterocycles. The van der Waals surface area contributed by atoms with Crippen molar-refractivity contribution in [2.75, 3.05) is 27.2 Å². The molecule has 0 spiro atoms. The molecule has 0 aromatic carbocycles. The van der Waals surface area contributed by atoms with Crippen molar-refractivity contribution in [2.45, 2.75) is 19.4 Å². The van der Waals surface area contributed by atoms with Crippen molar-refractivity contribution >= 4 is 39.7 Å². The number of carbonyl (C=O) groups is 2. The lowest BCUT2D eigenvalue weighted by molar-refractivity contribution is -0.135. The van der Waals surface area contributed by atoms with Crippen LogP contribution < -0.4 is 4.74 Å². The molecule has 186 valence electrons. The Morgan fingerprint density at radius 3 is 2.81 bits per heavy atom. The molecule has 13 heteroatoms. The lowest BCUT2D eigenvalue weighted by Crippen LogP contribution is -2.44. The van der Waals surface area contributed by atoms with Gasteiger partial charge in [0.05, 0.1) is 11.4 Å². The molecule has 10 nitrogen and oxygen atoms in total. The molecule has 0 fully saturated rings. The van der Waals surface area contributed by atoms with E-state index in [9.17, 15) is 14.0 Å². The van der Waals surface area contributed by atoms with E-state index in [0.717, 1.165) is 10.7 Å². The zero-order valence-corrected chi connectivity index (χ0v) is 21.2. The van der Waals surface area contributed by atoms with Gasteiger partial charge in [-0.15, -0.1) is 0 Å². The number of fused-ring (bicyclic) bond motifs is 3. The van der Waals surface area contributed by atoms with E-state index in [-0.39, 0.29) is 34.8 Å². The van der Waals surface area contributed by atoms with E-state index in [4.69, 9.17) is 16.3 Å². The number of aromatic nitrogens is 5. The van der Waals surface area contributed by atoms with Crippen molar-refractivity contribution in [1.82, 2.24) is 34.4 Å². The second-order valence-electron chi connectivity index (χ2n) is 8.34. The van der Waals surface area contributed by atoms with Crippen LogP contribution in [0.1, 0.15) is 38.6 Å². The van der Waals surface area contributed by atoms with Crippen LogP contribution in [0.3, 0.4) is 0 Å². The average Bonchev–Trinajstić information content (AvgIpc) is 3.38. The van der Waals surface area contributed by atoms with Gasteiger partial charge >= 0.3 is 0 Å². The van der Waals surface area contributed by atoms with Crippen molar-refractivity contribution in [3.8, 4) is 5.75 Å². The Bertz CT molecular complexity index is 1490. The molecule has 0 bridgehead atoms. The summed E-state index contributed by atoms with van der Waals surface area (Å²) < 4.78 is 22.3. The first-order valence-corrected chi connectivity index (χ1v) is 12.2. The topological polar surface area (TPSA) is 106 Å². The van der Waals surface area contributed by atoms with Crippen LogP contribution in [0, 0.1) is 12.7 Å². The summed E-state index contributed by atoms with van der Waals surface area (Å²) in [5, 5.41) is 5.28.